The number of aromatic nitrogens is 4. The minimum Gasteiger partial charge on any atom is -0.311 e. The Labute approximate surface area is 181 Å². The lowest BCUT2D eigenvalue weighted by atomic mass is 10.0. The van der Waals surface area contributed by atoms with Gasteiger partial charge in [-0.25, -0.2) is 4.68 Å². The summed E-state index contributed by atoms with van der Waals surface area (Å²) in [6.45, 7) is 0.371. The highest BCUT2D eigenvalue weighted by Crippen LogP contribution is 2.45. The van der Waals surface area contributed by atoms with E-state index in [0.29, 0.717) is 18.8 Å². The molecular formula is C21H25N6O3P. The highest BCUT2D eigenvalue weighted by Gasteiger charge is 2.26. The van der Waals surface area contributed by atoms with Crippen molar-refractivity contribution in [2.24, 2.45) is 0 Å². The van der Waals surface area contributed by atoms with Crippen LogP contribution in [-0.4, -0.2) is 40.7 Å². The van der Waals surface area contributed by atoms with Crippen molar-refractivity contribution < 1.29 is 13.6 Å². The molecule has 0 aliphatic heterocycles. The standard InChI is InChI=1S/C21H25N6O3P/c1-29-31(28,30-2)16-23-20(21-24-25-26-27(21)14-6-13-22)15-17-9-11-19(12-10-17)18-7-4-3-5-8-18/h3-5,7-12,20,23H,6,14-16H2,1-2H3/t20-/m0/s1. The van der Waals surface area contributed by atoms with Gasteiger partial charge in [-0.2, -0.15) is 5.26 Å². The fourth-order valence-corrected chi connectivity index (χ4v) is 4.01. The second-order valence-corrected chi connectivity index (χ2v) is 9.09. The Hall–Kier alpha value is -2.89. The SMILES string of the molecule is COP(=O)(CN[C@@H](Cc1ccc(-c2ccccc2)cc1)c1nnnn1CCC#N)OC. The van der Waals surface area contributed by atoms with Crippen molar-refractivity contribution in [3.63, 3.8) is 0 Å². The second-order valence-electron chi connectivity index (χ2n) is 6.83. The number of tetrazole rings is 1. The normalized spacial score (nSPS) is 12.4. The maximum absolute atomic E-state index is 12.5. The fraction of sp³-hybridized carbons (Fsp3) is 0.333. The van der Waals surface area contributed by atoms with E-state index in [1.807, 2.05) is 30.3 Å². The fourth-order valence-electron chi connectivity index (χ4n) is 3.16. The number of rotatable bonds is 11. The molecule has 0 aliphatic rings. The molecule has 0 saturated heterocycles. The molecule has 0 radical (unpaired) electrons. The van der Waals surface area contributed by atoms with Crippen LogP contribution in [0.4, 0.5) is 0 Å². The first-order valence-electron chi connectivity index (χ1n) is 9.80. The lowest BCUT2D eigenvalue weighted by molar-refractivity contribution is 0.270. The number of nitriles is 1. The molecule has 9 nitrogen and oxygen atoms in total. The minimum atomic E-state index is -3.27. The summed E-state index contributed by atoms with van der Waals surface area (Å²) in [6.07, 6.45) is 0.832. The van der Waals surface area contributed by atoms with Crippen LogP contribution in [0, 0.1) is 11.3 Å². The monoisotopic (exact) mass is 440 g/mol. The van der Waals surface area contributed by atoms with Gasteiger partial charge >= 0.3 is 7.60 Å². The van der Waals surface area contributed by atoms with Crippen LogP contribution < -0.4 is 5.32 Å². The van der Waals surface area contributed by atoms with Crippen LogP contribution in [0.5, 0.6) is 0 Å². The zero-order chi connectivity index (χ0) is 22.1. The molecule has 31 heavy (non-hydrogen) atoms. The molecule has 0 aliphatic carbocycles. The van der Waals surface area contributed by atoms with E-state index in [0.717, 1.165) is 16.7 Å². The average molecular weight is 440 g/mol. The van der Waals surface area contributed by atoms with E-state index in [1.165, 1.54) is 14.2 Å². The predicted molar refractivity (Wildman–Crippen MR) is 116 cm³/mol. The first-order chi connectivity index (χ1) is 15.1. The van der Waals surface area contributed by atoms with E-state index in [2.05, 4.69) is 51.2 Å². The number of hydrogen-bond donors (Lipinski definition) is 1. The molecule has 3 aromatic rings. The highest BCUT2D eigenvalue weighted by atomic mass is 31.2. The maximum Gasteiger partial charge on any atom is 0.343 e. The number of nitrogens with one attached hydrogen (secondary N) is 1. The largest absolute Gasteiger partial charge is 0.343 e. The summed E-state index contributed by atoms with van der Waals surface area (Å²) in [5.41, 5.74) is 3.32. The zero-order valence-electron chi connectivity index (χ0n) is 17.5. The van der Waals surface area contributed by atoms with Gasteiger partial charge in [-0.3, -0.25) is 9.88 Å². The Morgan fingerprint density at radius 2 is 1.77 bits per heavy atom. The van der Waals surface area contributed by atoms with Gasteiger partial charge in [-0.15, -0.1) is 5.10 Å². The van der Waals surface area contributed by atoms with Crippen LogP contribution in [0.15, 0.2) is 54.6 Å². The van der Waals surface area contributed by atoms with Crippen LogP contribution in [0.3, 0.4) is 0 Å². The van der Waals surface area contributed by atoms with Gasteiger partial charge in [0.15, 0.2) is 5.82 Å². The van der Waals surface area contributed by atoms with Crippen molar-refractivity contribution >= 4 is 7.60 Å². The average Bonchev–Trinajstić information content (AvgIpc) is 3.29. The zero-order valence-corrected chi connectivity index (χ0v) is 18.4. The summed E-state index contributed by atoms with van der Waals surface area (Å²) in [7, 11) is -0.572. The molecule has 0 saturated carbocycles. The molecule has 3 rings (SSSR count). The van der Waals surface area contributed by atoms with Crippen molar-refractivity contribution in [3.8, 4) is 17.2 Å². The van der Waals surface area contributed by atoms with Gasteiger partial charge in [0.2, 0.25) is 0 Å². The van der Waals surface area contributed by atoms with Crippen molar-refractivity contribution in [1.82, 2.24) is 25.5 Å². The number of benzene rings is 2. The Bertz CT molecular complexity index is 1040. The van der Waals surface area contributed by atoms with Crippen LogP contribution in [0.1, 0.15) is 23.9 Å². The number of nitrogens with zero attached hydrogens (tertiary/aromatic N) is 5. The molecule has 10 heteroatoms. The van der Waals surface area contributed by atoms with Gasteiger partial charge in [0, 0.05) is 14.2 Å². The summed E-state index contributed by atoms with van der Waals surface area (Å²) < 4.78 is 24.2. The topological polar surface area (TPSA) is 115 Å². The number of hydrogen-bond acceptors (Lipinski definition) is 8. The molecular weight excluding hydrogens is 415 g/mol. The van der Waals surface area contributed by atoms with E-state index in [4.69, 9.17) is 14.3 Å². The third-order valence-electron chi connectivity index (χ3n) is 4.90. The molecule has 0 amide bonds. The van der Waals surface area contributed by atoms with Gasteiger partial charge in [0.1, 0.15) is 0 Å². The molecule has 0 fully saturated rings. The van der Waals surface area contributed by atoms with Gasteiger partial charge in [0.25, 0.3) is 0 Å². The molecule has 162 valence electrons. The van der Waals surface area contributed by atoms with Crippen LogP contribution in [0.2, 0.25) is 0 Å². The Balaban J connectivity index is 1.82. The molecule has 1 atom stereocenters. The van der Waals surface area contributed by atoms with E-state index in [9.17, 15) is 4.57 Å². The highest BCUT2D eigenvalue weighted by molar-refractivity contribution is 7.53. The Kier molecular flexibility index (Phi) is 8.04. The molecule has 0 bridgehead atoms. The smallest absolute Gasteiger partial charge is 0.311 e. The van der Waals surface area contributed by atoms with E-state index >= 15 is 0 Å². The summed E-state index contributed by atoms with van der Waals surface area (Å²) in [4.78, 5) is 0. The van der Waals surface area contributed by atoms with Gasteiger partial charge < -0.3 is 9.05 Å². The third-order valence-corrected chi connectivity index (χ3v) is 6.58. The molecule has 1 N–H and O–H groups in total. The van der Waals surface area contributed by atoms with Crippen molar-refractivity contribution in [2.45, 2.75) is 25.4 Å². The van der Waals surface area contributed by atoms with Crippen molar-refractivity contribution in [1.29, 1.82) is 5.26 Å². The molecule has 1 heterocycles. The maximum atomic E-state index is 12.5. The van der Waals surface area contributed by atoms with Crippen LogP contribution in [-0.2, 0) is 26.6 Å². The molecule has 0 unspecified atom stereocenters. The van der Waals surface area contributed by atoms with Gasteiger partial charge in [-0.1, -0.05) is 54.6 Å². The molecule has 2 aromatic carbocycles. The lowest BCUT2D eigenvalue weighted by Crippen LogP contribution is -2.28. The van der Waals surface area contributed by atoms with Gasteiger partial charge in [0.05, 0.1) is 31.4 Å². The summed E-state index contributed by atoms with van der Waals surface area (Å²) in [5, 5.41) is 24.0. The molecule has 1 aromatic heterocycles. The summed E-state index contributed by atoms with van der Waals surface area (Å²) in [5.74, 6) is 0.557. The van der Waals surface area contributed by atoms with Crippen LogP contribution >= 0.6 is 7.60 Å². The third kappa shape index (κ3) is 6.06. The lowest BCUT2D eigenvalue weighted by Gasteiger charge is -2.21. The Morgan fingerprint density at radius 3 is 2.42 bits per heavy atom. The first kappa shape index (κ1) is 22.8. The summed E-state index contributed by atoms with van der Waals surface area (Å²) >= 11 is 0. The van der Waals surface area contributed by atoms with E-state index in [1.54, 1.807) is 4.68 Å². The van der Waals surface area contributed by atoms with Crippen molar-refractivity contribution in [2.75, 3.05) is 20.5 Å². The summed E-state index contributed by atoms with van der Waals surface area (Å²) in [6, 6.07) is 20.1. The molecule has 0 spiro atoms. The van der Waals surface area contributed by atoms with Gasteiger partial charge in [-0.05, 0) is 33.5 Å². The quantitative estimate of drug-likeness (QED) is 0.450. The van der Waals surface area contributed by atoms with Crippen molar-refractivity contribution in [3.05, 3.63) is 66.0 Å². The second kappa shape index (κ2) is 10.9. The Morgan fingerprint density at radius 1 is 1.10 bits per heavy atom. The number of aryl methyl sites for hydroxylation is 1. The van der Waals surface area contributed by atoms with E-state index < -0.39 is 7.60 Å². The minimum absolute atomic E-state index is 0.00211. The van der Waals surface area contributed by atoms with Crippen LogP contribution in [0.25, 0.3) is 11.1 Å². The predicted octanol–water partition coefficient (Wildman–Crippen LogP) is 3.57. The first-order valence-corrected chi connectivity index (χ1v) is 11.5. The van der Waals surface area contributed by atoms with E-state index in [-0.39, 0.29) is 18.7 Å².